The molecule has 0 atom stereocenters. The molecule has 2 fully saturated rings. The summed E-state index contributed by atoms with van der Waals surface area (Å²) in [5, 5.41) is 3.16. The molecule has 2 rings (SSSR count). The summed E-state index contributed by atoms with van der Waals surface area (Å²) in [6, 6.07) is 0. The van der Waals surface area contributed by atoms with E-state index in [4.69, 9.17) is 18.0 Å². The summed E-state index contributed by atoms with van der Waals surface area (Å²) in [4.78, 5) is 13.0. The zero-order chi connectivity index (χ0) is 13.9. The molecule has 0 aromatic heterocycles. The smallest absolute Gasteiger partial charge is 0.233 e. The van der Waals surface area contributed by atoms with Gasteiger partial charge in [0.15, 0.2) is 0 Å². The van der Waals surface area contributed by atoms with Crippen LogP contribution in [0.4, 0.5) is 0 Å². The van der Waals surface area contributed by atoms with Crippen molar-refractivity contribution in [3.63, 3.8) is 0 Å². The lowest BCUT2D eigenvalue weighted by molar-refractivity contribution is -0.129. The predicted molar refractivity (Wildman–Crippen MR) is 81.9 cm³/mol. The fourth-order valence-electron chi connectivity index (χ4n) is 3.51. The molecular weight excluding hydrogens is 256 g/mol. The third-order valence-electron chi connectivity index (χ3n) is 5.40. The molecule has 0 aliphatic heterocycles. The van der Waals surface area contributed by atoms with Crippen molar-refractivity contribution in [2.45, 2.75) is 64.7 Å². The molecule has 0 aromatic carbocycles. The van der Waals surface area contributed by atoms with E-state index >= 15 is 0 Å². The molecule has 2 aliphatic rings. The maximum Gasteiger partial charge on any atom is 0.233 e. The Morgan fingerprint density at radius 3 is 2.21 bits per heavy atom. The van der Waals surface area contributed by atoms with E-state index in [1.54, 1.807) is 0 Å². The molecule has 0 unspecified atom stereocenters. The standard InChI is InChI=1S/C15H26N2OS/c1-2-14(7-6-8-14)11-17-13(18)15(12(16)19)9-4-3-5-10-15/h2-11H2,1H3,(H2,16,19)(H,17,18). The van der Waals surface area contributed by atoms with E-state index in [-0.39, 0.29) is 5.91 Å². The Morgan fingerprint density at radius 2 is 1.79 bits per heavy atom. The summed E-state index contributed by atoms with van der Waals surface area (Å²) in [5.74, 6) is 0.0828. The second-order valence-electron chi connectivity index (χ2n) is 6.40. The average molecular weight is 282 g/mol. The molecule has 2 saturated carbocycles. The fourth-order valence-corrected chi connectivity index (χ4v) is 3.81. The number of amides is 1. The summed E-state index contributed by atoms with van der Waals surface area (Å²) < 4.78 is 0. The van der Waals surface area contributed by atoms with E-state index in [2.05, 4.69) is 12.2 Å². The Hall–Kier alpha value is -0.640. The van der Waals surface area contributed by atoms with Crippen LogP contribution in [0.5, 0.6) is 0 Å². The maximum absolute atomic E-state index is 12.6. The highest BCUT2D eigenvalue weighted by atomic mass is 32.1. The molecule has 108 valence electrons. The van der Waals surface area contributed by atoms with E-state index in [1.807, 2.05) is 0 Å². The Morgan fingerprint density at radius 1 is 1.16 bits per heavy atom. The fraction of sp³-hybridized carbons (Fsp3) is 0.867. The lowest BCUT2D eigenvalue weighted by atomic mass is 9.66. The monoisotopic (exact) mass is 282 g/mol. The molecule has 0 aromatic rings. The average Bonchev–Trinajstić information content (AvgIpc) is 2.38. The van der Waals surface area contributed by atoms with Crippen LogP contribution in [-0.4, -0.2) is 17.4 Å². The van der Waals surface area contributed by atoms with Crippen LogP contribution in [0.3, 0.4) is 0 Å². The van der Waals surface area contributed by atoms with Crippen molar-refractivity contribution >= 4 is 23.1 Å². The van der Waals surface area contributed by atoms with Gasteiger partial charge in [-0.1, -0.05) is 44.8 Å². The van der Waals surface area contributed by atoms with E-state index < -0.39 is 5.41 Å². The molecular formula is C15H26N2OS. The van der Waals surface area contributed by atoms with Crippen molar-refractivity contribution in [3.05, 3.63) is 0 Å². The Balaban J connectivity index is 1.98. The molecule has 4 heteroatoms. The van der Waals surface area contributed by atoms with Crippen molar-refractivity contribution < 1.29 is 4.79 Å². The minimum atomic E-state index is -0.563. The molecule has 1 amide bonds. The first-order chi connectivity index (χ1) is 9.05. The van der Waals surface area contributed by atoms with Gasteiger partial charge in [0.1, 0.15) is 0 Å². The van der Waals surface area contributed by atoms with Crippen LogP contribution in [-0.2, 0) is 4.79 Å². The number of carbonyl (C=O) groups excluding carboxylic acids is 1. The van der Waals surface area contributed by atoms with E-state index in [9.17, 15) is 4.79 Å². The third-order valence-corrected chi connectivity index (χ3v) is 5.79. The van der Waals surface area contributed by atoms with Gasteiger partial charge in [0.2, 0.25) is 5.91 Å². The zero-order valence-electron chi connectivity index (χ0n) is 12.0. The van der Waals surface area contributed by atoms with E-state index in [0.29, 0.717) is 10.4 Å². The predicted octanol–water partition coefficient (Wildman–Crippen LogP) is 2.92. The number of rotatable bonds is 5. The van der Waals surface area contributed by atoms with Gasteiger partial charge < -0.3 is 11.1 Å². The van der Waals surface area contributed by atoms with Gasteiger partial charge >= 0.3 is 0 Å². The zero-order valence-corrected chi connectivity index (χ0v) is 12.8. The number of hydrogen-bond donors (Lipinski definition) is 2. The first-order valence-corrected chi connectivity index (χ1v) is 8.04. The third kappa shape index (κ3) is 2.78. The summed E-state index contributed by atoms with van der Waals surface area (Å²) in [7, 11) is 0. The molecule has 0 spiro atoms. The Labute approximate surface area is 121 Å². The quantitative estimate of drug-likeness (QED) is 0.762. The topological polar surface area (TPSA) is 55.1 Å². The van der Waals surface area contributed by atoms with Gasteiger partial charge in [-0.25, -0.2) is 0 Å². The first-order valence-electron chi connectivity index (χ1n) is 7.63. The number of hydrogen-bond acceptors (Lipinski definition) is 2. The molecule has 0 saturated heterocycles. The molecule has 2 aliphatic carbocycles. The van der Waals surface area contributed by atoms with Crippen LogP contribution >= 0.6 is 12.2 Å². The van der Waals surface area contributed by atoms with Crippen LogP contribution in [0, 0.1) is 10.8 Å². The highest BCUT2D eigenvalue weighted by molar-refractivity contribution is 7.80. The van der Waals surface area contributed by atoms with Crippen LogP contribution in [0.25, 0.3) is 0 Å². The molecule has 0 bridgehead atoms. The van der Waals surface area contributed by atoms with Gasteiger partial charge in [-0.15, -0.1) is 0 Å². The van der Waals surface area contributed by atoms with Gasteiger partial charge in [0.25, 0.3) is 0 Å². The molecule has 19 heavy (non-hydrogen) atoms. The largest absolute Gasteiger partial charge is 0.392 e. The second-order valence-corrected chi connectivity index (χ2v) is 6.84. The van der Waals surface area contributed by atoms with Crippen LogP contribution in [0.1, 0.15) is 64.7 Å². The number of nitrogens with one attached hydrogen (secondary N) is 1. The van der Waals surface area contributed by atoms with Crippen molar-refractivity contribution in [3.8, 4) is 0 Å². The van der Waals surface area contributed by atoms with Crippen molar-refractivity contribution in [1.29, 1.82) is 0 Å². The lowest BCUT2D eigenvalue weighted by Crippen LogP contribution is -2.52. The highest BCUT2D eigenvalue weighted by Gasteiger charge is 2.43. The highest BCUT2D eigenvalue weighted by Crippen LogP contribution is 2.43. The Kier molecular flexibility index (Phi) is 4.49. The van der Waals surface area contributed by atoms with Crippen molar-refractivity contribution in [1.82, 2.24) is 5.32 Å². The molecule has 3 N–H and O–H groups in total. The SMILES string of the molecule is CCC1(CNC(=O)C2(C(N)=S)CCCCC2)CCC1. The maximum atomic E-state index is 12.6. The van der Waals surface area contributed by atoms with Gasteiger partial charge in [-0.3, -0.25) is 4.79 Å². The van der Waals surface area contributed by atoms with E-state index in [1.165, 1.54) is 25.7 Å². The van der Waals surface area contributed by atoms with Crippen LogP contribution in [0.15, 0.2) is 0 Å². The number of nitrogens with two attached hydrogens (primary N) is 1. The van der Waals surface area contributed by atoms with Gasteiger partial charge in [0, 0.05) is 6.54 Å². The number of carbonyl (C=O) groups is 1. The first kappa shape index (κ1) is 14.8. The van der Waals surface area contributed by atoms with Crippen molar-refractivity contribution in [2.24, 2.45) is 16.6 Å². The van der Waals surface area contributed by atoms with E-state index in [0.717, 1.165) is 38.6 Å². The van der Waals surface area contributed by atoms with Crippen molar-refractivity contribution in [2.75, 3.05) is 6.54 Å². The molecule has 0 radical (unpaired) electrons. The van der Waals surface area contributed by atoms with Gasteiger partial charge in [-0.2, -0.15) is 0 Å². The molecule has 0 heterocycles. The Bertz CT molecular complexity index is 352. The van der Waals surface area contributed by atoms with Crippen LogP contribution in [0.2, 0.25) is 0 Å². The minimum Gasteiger partial charge on any atom is -0.392 e. The van der Waals surface area contributed by atoms with Gasteiger partial charge in [-0.05, 0) is 37.5 Å². The summed E-state index contributed by atoms with van der Waals surface area (Å²) >= 11 is 5.20. The van der Waals surface area contributed by atoms with Crippen LogP contribution < -0.4 is 11.1 Å². The summed E-state index contributed by atoms with van der Waals surface area (Å²) in [5.41, 5.74) is 5.68. The lowest BCUT2D eigenvalue weighted by Gasteiger charge is -2.43. The number of thiocarbonyl (C=S) groups is 1. The summed E-state index contributed by atoms with van der Waals surface area (Å²) in [6.07, 6.45) is 9.88. The summed E-state index contributed by atoms with van der Waals surface area (Å²) in [6.45, 7) is 3.02. The minimum absolute atomic E-state index is 0.0828. The molecule has 3 nitrogen and oxygen atoms in total. The second kappa shape index (κ2) is 5.78. The van der Waals surface area contributed by atoms with Gasteiger partial charge in [0.05, 0.1) is 10.4 Å². The normalized spacial score (nSPS) is 24.3.